The van der Waals surface area contributed by atoms with Gasteiger partial charge in [0, 0.05) is 11.1 Å². The molecule has 0 aliphatic heterocycles. The van der Waals surface area contributed by atoms with E-state index < -0.39 is 32.9 Å². The van der Waals surface area contributed by atoms with Crippen LogP contribution >= 0.6 is 11.6 Å². The van der Waals surface area contributed by atoms with E-state index >= 15 is 0 Å². The number of nitrogens with two attached hydrogens (primary N) is 1. The summed E-state index contributed by atoms with van der Waals surface area (Å²) in [5, 5.41) is 11.9. The lowest BCUT2D eigenvalue weighted by molar-refractivity contribution is 0.153. The summed E-state index contributed by atoms with van der Waals surface area (Å²) < 4.78 is 36.4. The second-order valence-corrected chi connectivity index (χ2v) is 7.27. The predicted octanol–water partition coefficient (Wildman–Crippen LogP) is 2.41. The Hall–Kier alpha value is -2.33. The van der Waals surface area contributed by atoms with Crippen molar-refractivity contribution in [2.24, 2.45) is 5.73 Å². The van der Waals surface area contributed by atoms with E-state index in [-0.39, 0.29) is 17.3 Å². The molecule has 0 saturated heterocycles. The Balaban J connectivity index is 1.99. The van der Waals surface area contributed by atoms with Gasteiger partial charge in [-0.1, -0.05) is 41.9 Å². The second-order valence-electron chi connectivity index (χ2n) is 5.45. The Bertz CT molecular complexity index is 889. The Morgan fingerprint density at radius 2 is 1.92 bits per heavy atom. The molecule has 1 amide bonds. The molecule has 0 aromatic heterocycles. The van der Waals surface area contributed by atoms with Gasteiger partial charge in [0.05, 0.1) is 5.69 Å². The van der Waals surface area contributed by atoms with Gasteiger partial charge in [-0.3, -0.25) is 9.87 Å². The van der Waals surface area contributed by atoms with E-state index in [9.17, 15) is 18.3 Å². The standard InChI is InChI=1S/C16H17ClN2O6S/c17-11-7-13(15(20)14(8-11)26(22,23)24)19-16(21)25-9-12(18)6-10-4-2-1-3-5-10/h1-5,7-8,12,20H,6,9,18H2,(H,19,21)(H,22,23,24)/t12-/m1/s1. The van der Waals surface area contributed by atoms with Gasteiger partial charge in [0.1, 0.15) is 11.5 Å². The maximum atomic E-state index is 11.8. The first kappa shape index (κ1) is 20.0. The van der Waals surface area contributed by atoms with Gasteiger partial charge in [0.2, 0.25) is 0 Å². The zero-order chi connectivity index (χ0) is 19.3. The van der Waals surface area contributed by atoms with Gasteiger partial charge in [-0.05, 0) is 24.1 Å². The quantitative estimate of drug-likeness (QED) is 0.431. The third kappa shape index (κ3) is 5.60. The number of carbonyl (C=O) groups excluding carboxylic acids is 1. The van der Waals surface area contributed by atoms with Gasteiger partial charge >= 0.3 is 6.09 Å². The molecular formula is C16H17ClN2O6S. The van der Waals surface area contributed by atoms with Crippen molar-refractivity contribution in [2.75, 3.05) is 11.9 Å². The molecule has 0 spiro atoms. The summed E-state index contributed by atoms with van der Waals surface area (Å²) in [6.45, 7) is -0.104. The average Bonchev–Trinajstić information content (AvgIpc) is 2.56. The van der Waals surface area contributed by atoms with Gasteiger partial charge < -0.3 is 15.6 Å². The fourth-order valence-corrected chi connectivity index (χ4v) is 3.08. The molecular weight excluding hydrogens is 384 g/mol. The maximum Gasteiger partial charge on any atom is 0.411 e. The molecule has 5 N–H and O–H groups in total. The molecule has 2 aromatic rings. The highest BCUT2D eigenvalue weighted by atomic mass is 35.5. The summed E-state index contributed by atoms with van der Waals surface area (Å²) in [7, 11) is -4.72. The molecule has 8 nitrogen and oxygen atoms in total. The molecule has 0 bridgehead atoms. The number of anilines is 1. The minimum absolute atomic E-state index is 0.104. The monoisotopic (exact) mass is 400 g/mol. The van der Waals surface area contributed by atoms with Crippen LogP contribution in [0.4, 0.5) is 10.5 Å². The van der Waals surface area contributed by atoms with E-state index in [0.717, 1.165) is 17.7 Å². The van der Waals surface area contributed by atoms with Crippen molar-refractivity contribution in [2.45, 2.75) is 17.4 Å². The third-order valence-electron chi connectivity index (χ3n) is 3.32. The van der Waals surface area contributed by atoms with Crippen molar-refractivity contribution < 1.29 is 27.6 Å². The largest absolute Gasteiger partial charge is 0.504 e. The lowest BCUT2D eigenvalue weighted by Gasteiger charge is -2.14. The van der Waals surface area contributed by atoms with Crippen LogP contribution in [0.5, 0.6) is 5.75 Å². The fourth-order valence-electron chi connectivity index (χ4n) is 2.17. The van der Waals surface area contributed by atoms with Crippen molar-refractivity contribution in [1.29, 1.82) is 0 Å². The Morgan fingerprint density at radius 3 is 2.54 bits per heavy atom. The number of hydrogen-bond donors (Lipinski definition) is 4. The topological polar surface area (TPSA) is 139 Å². The molecule has 26 heavy (non-hydrogen) atoms. The first-order valence-electron chi connectivity index (χ1n) is 7.40. The molecule has 0 aliphatic rings. The van der Waals surface area contributed by atoms with Gasteiger partial charge in [0.25, 0.3) is 10.1 Å². The van der Waals surface area contributed by atoms with Crippen molar-refractivity contribution in [1.82, 2.24) is 0 Å². The molecule has 0 aliphatic carbocycles. The summed E-state index contributed by atoms with van der Waals surface area (Å²) in [5.41, 5.74) is 6.55. The van der Waals surface area contributed by atoms with Crippen molar-refractivity contribution in [3.8, 4) is 5.75 Å². The molecule has 2 aromatic carbocycles. The second kappa shape index (κ2) is 8.37. The summed E-state index contributed by atoms with van der Waals surface area (Å²) in [5.74, 6) is -0.859. The number of rotatable bonds is 6. The molecule has 0 unspecified atom stereocenters. The number of aromatic hydroxyl groups is 1. The van der Waals surface area contributed by atoms with E-state index in [1.165, 1.54) is 0 Å². The van der Waals surface area contributed by atoms with Crippen LogP contribution in [0, 0.1) is 0 Å². The molecule has 0 saturated carbocycles. The first-order valence-corrected chi connectivity index (χ1v) is 9.22. The molecule has 10 heteroatoms. The number of ether oxygens (including phenoxy) is 1. The van der Waals surface area contributed by atoms with Crippen molar-refractivity contribution >= 4 is 33.5 Å². The maximum absolute atomic E-state index is 11.8. The number of hydrogen-bond acceptors (Lipinski definition) is 6. The van der Waals surface area contributed by atoms with E-state index in [0.29, 0.717) is 6.42 Å². The van der Waals surface area contributed by atoms with Gasteiger partial charge in [-0.25, -0.2) is 4.79 Å². The van der Waals surface area contributed by atoms with Crippen LogP contribution in [-0.4, -0.2) is 36.8 Å². The SMILES string of the molecule is N[C@@H](COC(=O)Nc1cc(Cl)cc(S(=O)(=O)O)c1O)Cc1ccccc1. The molecule has 0 heterocycles. The zero-order valence-corrected chi connectivity index (χ0v) is 15.0. The normalized spacial score (nSPS) is 12.4. The van der Waals surface area contributed by atoms with E-state index in [4.69, 9.17) is 26.6 Å². The van der Waals surface area contributed by atoms with Crippen LogP contribution in [0.3, 0.4) is 0 Å². The Kier molecular flexibility index (Phi) is 6.43. The number of amides is 1. The van der Waals surface area contributed by atoms with E-state index in [2.05, 4.69) is 5.32 Å². The van der Waals surface area contributed by atoms with Crippen LogP contribution in [0.25, 0.3) is 0 Å². The minimum Gasteiger partial charge on any atom is -0.504 e. The summed E-state index contributed by atoms with van der Waals surface area (Å²) in [6.07, 6.45) is -0.476. The Morgan fingerprint density at radius 1 is 1.27 bits per heavy atom. The highest BCUT2D eigenvalue weighted by Gasteiger charge is 2.21. The number of carbonyl (C=O) groups is 1. The lowest BCUT2D eigenvalue weighted by atomic mass is 10.1. The average molecular weight is 401 g/mol. The minimum atomic E-state index is -4.72. The van der Waals surface area contributed by atoms with Gasteiger partial charge in [-0.2, -0.15) is 8.42 Å². The third-order valence-corrected chi connectivity index (χ3v) is 4.41. The van der Waals surface area contributed by atoms with Gasteiger partial charge in [-0.15, -0.1) is 0 Å². The van der Waals surface area contributed by atoms with Crippen molar-refractivity contribution in [3.05, 3.63) is 53.1 Å². The number of phenols is 1. The highest BCUT2D eigenvalue weighted by Crippen LogP contribution is 2.34. The van der Waals surface area contributed by atoms with Crippen LogP contribution < -0.4 is 11.1 Å². The number of phenolic OH excluding ortho intramolecular Hbond substituents is 1. The molecule has 0 radical (unpaired) electrons. The summed E-state index contributed by atoms with van der Waals surface area (Å²) in [4.78, 5) is 11.0. The van der Waals surface area contributed by atoms with Crippen LogP contribution in [0.2, 0.25) is 5.02 Å². The molecule has 140 valence electrons. The van der Waals surface area contributed by atoms with Crippen molar-refractivity contribution in [3.63, 3.8) is 0 Å². The van der Waals surface area contributed by atoms with Crippen LogP contribution in [0.1, 0.15) is 5.56 Å². The predicted molar refractivity (Wildman–Crippen MR) is 96.0 cm³/mol. The van der Waals surface area contributed by atoms with E-state index in [1.54, 1.807) is 0 Å². The molecule has 0 fully saturated rings. The van der Waals surface area contributed by atoms with Crippen LogP contribution in [-0.2, 0) is 21.3 Å². The van der Waals surface area contributed by atoms with E-state index in [1.807, 2.05) is 30.3 Å². The number of nitrogens with one attached hydrogen (secondary N) is 1. The number of halogens is 1. The molecule has 1 atom stereocenters. The zero-order valence-electron chi connectivity index (χ0n) is 13.4. The lowest BCUT2D eigenvalue weighted by Crippen LogP contribution is -2.31. The summed E-state index contributed by atoms with van der Waals surface area (Å²) in [6, 6.07) is 10.9. The van der Waals surface area contributed by atoms with Crippen LogP contribution in [0.15, 0.2) is 47.4 Å². The molecule has 2 rings (SSSR count). The number of benzene rings is 2. The smallest absolute Gasteiger partial charge is 0.411 e. The fraction of sp³-hybridized carbons (Fsp3) is 0.188. The van der Waals surface area contributed by atoms with Gasteiger partial charge in [0.15, 0.2) is 5.75 Å². The first-order chi connectivity index (χ1) is 12.2. The highest BCUT2D eigenvalue weighted by molar-refractivity contribution is 7.86. The Labute approximate surface area is 155 Å². The summed E-state index contributed by atoms with van der Waals surface area (Å²) >= 11 is 5.73.